The van der Waals surface area contributed by atoms with Gasteiger partial charge in [0.2, 0.25) is 0 Å². The number of benzene rings is 1. The monoisotopic (exact) mass is 226 g/mol. The van der Waals surface area contributed by atoms with Gasteiger partial charge in [-0.3, -0.25) is 4.90 Å². The van der Waals surface area contributed by atoms with Crippen LogP contribution in [0, 0.1) is 0 Å². The quantitative estimate of drug-likeness (QED) is 0.834. The molecule has 1 aliphatic rings. The zero-order chi connectivity index (χ0) is 11.6. The van der Waals surface area contributed by atoms with Crippen LogP contribution in [0.1, 0.15) is 12.0 Å². The van der Waals surface area contributed by atoms with Crippen molar-refractivity contribution in [1.29, 1.82) is 0 Å². The van der Waals surface area contributed by atoms with Gasteiger partial charge in [-0.25, -0.2) is 8.78 Å². The highest BCUT2D eigenvalue weighted by Crippen LogP contribution is 2.27. The van der Waals surface area contributed by atoms with Gasteiger partial charge >= 0.3 is 0 Å². The third-order valence-corrected chi connectivity index (χ3v) is 3.01. The third kappa shape index (κ3) is 2.57. The summed E-state index contributed by atoms with van der Waals surface area (Å²) in [6.45, 7) is 1.38. The second-order valence-corrected chi connectivity index (χ2v) is 4.34. The minimum atomic E-state index is -2.70. The van der Waals surface area contributed by atoms with E-state index in [1.54, 1.807) is 0 Å². The Hall–Kier alpha value is -1.00. The molecule has 2 N–H and O–H groups in total. The van der Waals surface area contributed by atoms with Crippen LogP contribution >= 0.6 is 0 Å². The first-order valence-electron chi connectivity index (χ1n) is 5.47. The van der Waals surface area contributed by atoms with Gasteiger partial charge < -0.3 is 5.73 Å². The summed E-state index contributed by atoms with van der Waals surface area (Å²) >= 11 is 0. The van der Waals surface area contributed by atoms with E-state index in [9.17, 15) is 8.78 Å². The first kappa shape index (κ1) is 11.5. The van der Waals surface area contributed by atoms with Crippen molar-refractivity contribution in [3.8, 4) is 0 Å². The zero-order valence-corrected chi connectivity index (χ0v) is 9.07. The van der Waals surface area contributed by atoms with E-state index in [4.69, 9.17) is 5.73 Å². The van der Waals surface area contributed by atoms with E-state index in [-0.39, 0.29) is 13.0 Å². The van der Waals surface area contributed by atoms with E-state index in [1.165, 1.54) is 0 Å². The van der Waals surface area contributed by atoms with Crippen molar-refractivity contribution in [3.05, 3.63) is 35.9 Å². The second-order valence-electron chi connectivity index (χ2n) is 4.34. The predicted molar refractivity (Wildman–Crippen MR) is 59.3 cm³/mol. The molecule has 1 aliphatic heterocycles. The molecule has 1 atom stereocenters. The van der Waals surface area contributed by atoms with E-state index in [1.807, 2.05) is 35.2 Å². The summed E-state index contributed by atoms with van der Waals surface area (Å²) in [5.41, 5.74) is 6.60. The van der Waals surface area contributed by atoms with E-state index in [0.29, 0.717) is 13.1 Å². The third-order valence-electron chi connectivity index (χ3n) is 3.01. The minimum Gasteiger partial charge on any atom is -0.322 e. The Morgan fingerprint density at radius 3 is 2.62 bits per heavy atom. The average Bonchev–Trinajstić information content (AvgIpc) is 2.26. The lowest BCUT2D eigenvalue weighted by molar-refractivity contribution is -0.0738. The van der Waals surface area contributed by atoms with Gasteiger partial charge in [-0.05, 0) is 5.56 Å². The molecular formula is C12H16F2N2. The van der Waals surface area contributed by atoms with Crippen LogP contribution in [-0.2, 0) is 6.54 Å². The Morgan fingerprint density at radius 1 is 1.31 bits per heavy atom. The van der Waals surface area contributed by atoms with E-state index in [2.05, 4.69) is 0 Å². The van der Waals surface area contributed by atoms with Crippen LogP contribution in [0.2, 0.25) is 0 Å². The Bertz CT molecular complexity index is 340. The Kier molecular flexibility index (Phi) is 3.21. The summed E-state index contributed by atoms with van der Waals surface area (Å²) in [7, 11) is 0. The standard InChI is InChI=1S/C12H16F2N2/c13-12(14)6-7-16(9-11(12)15)8-10-4-2-1-3-5-10/h1-5,11H,6-9,15H2. The Labute approximate surface area is 94.0 Å². The molecule has 4 heteroatoms. The molecule has 0 aliphatic carbocycles. The fraction of sp³-hybridized carbons (Fsp3) is 0.500. The predicted octanol–water partition coefficient (Wildman–Crippen LogP) is 1.85. The minimum absolute atomic E-state index is 0.138. The number of likely N-dealkylation sites (tertiary alicyclic amines) is 1. The summed E-state index contributed by atoms with van der Waals surface area (Å²) < 4.78 is 26.3. The molecule has 1 aromatic carbocycles. The maximum absolute atomic E-state index is 13.2. The van der Waals surface area contributed by atoms with Gasteiger partial charge in [0.1, 0.15) is 0 Å². The summed E-state index contributed by atoms with van der Waals surface area (Å²) in [5, 5.41) is 0. The van der Waals surface area contributed by atoms with Crippen LogP contribution in [0.25, 0.3) is 0 Å². The maximum Gasteiger partial charge on any atom is 0.265 e. The number of alkyl halides is 2. The van der Waals surface area contributed by atoms with Crippen molar-refractivity contribution in [1.82, 2.24) is 4.90 Å². The number of rotatable bonds is 2. The number of piperidine rings is 1. The highest BCUT2D eigenvalue weighted by Gasteiger charge is 2.41. The molecule has 0 aromatic heterocycles. The Balaban J connectivity index is 1.94. The van der Waals surface area contributed by atoms with Crippen molar-refractivity contribution in [2.45, 2.75) is 24.9 Å². The first-order chi connectivity index (χ1) is 7.58. The van der Waals surface area contributed by atoms with Crippen LogP contribution in [-0.4, -0.2) is 30.0 Å². The van der Waals surface area contributed by atoms with Gasteiger partial charge in [0.05, 0.1) is 6.04 Å². The van der Waals surface area contributed by atoms with Gasteiger partial charge in [0, 0.05) is 26.1 Å². The van der Waals surface area contributed by atoms with Gasteiger partial charge in [0.15, 0.2) is 0 Å². The van der Waals surface area contributed by atoms with Crippen molar-refractivity contribution in [2.24, 2.45) is 5.73 Å². The highest BCUT2D eigenvalue weighted by molar-refractivity contribution is 5.14. The normalized spacial score (nSPS) is 25.6. The molecule has 1 aromatic rings. The average molecular weight is 226 g/mol. The SMILES string of the molecule is NC1CN(Cc2ccccc2)CCC1(F)F. The van der Waals surface area contributed by atoms with Gasteiger partial charge in [-0.2, -0.15) is 0 Å². The van der Waals surface area contributed by atoms with Crippen LogP contribution in [0.15, 0.2) is 30.3 Å². The molecule has 1 unspecified atom stereocenters. The maximum atomic E-state index is 13.2. The molecule has 2 rings (SSSR count). The molecule has 0 amide bonds. The van der Waals surface area contributed by atoms with Crippen molar-refractivity contribution < 1.29 is 8.78 Å². The first-order valence-corrected chi connectivity index (χ1v) is 5.47. The lowest BCUT2D eigenvalue weighted by Gasteiger charge is -2.36. The smallest absolute Gasteiger partial charge is 0.265 e. The molecule has 0 bridgehead atoms. The molecular weight excluding hydrogens is 210 g/mol. The largest absolute Gasteiger partial charge is 0.322 e. The van der Waals surface area contributed by atoms with E-state index in [0.717, 1.165) is 5.56 Å². The van der Waals surface area contributed by atoms with Crippen molar-refractivity contribution in [2.75, 3.05) is 13.1 Å². The molecule has 0 spiro atoms. The van der Waals surface area contributed by atoms with Crippen molar-refractivity contribution in [3.63, 3.8) is 0 Å². The Morgan fingerprint density at radius 2 is 2.00 bits per heavy atom. The fourth-order valence-corrected chi connectivity index (χ4v) is 1.98. The molecule has 16 heavy (non-hydrogen) atoms. The molecule has 2 nitrogen and oxygen atoms in total. The molecule has 1 fully saturated rings. The van der Waals surface area contributed by atoms with Crippen LogP contribution in [0.5, 0.6) is 0 Å². The number of hydrogen-bond acceptors (Lipinski definition) is 2. The van der Waals surface area contributed by atoms with Crippen molar-refractivity contribution >= 4 is 0 Å². The molecule has 1 heterocycles. The molecule has 0 radical (unpaired) electrons. The highest BCUT2D eigenvalue weighted by atomic mass is 19.3. The molecule has 1 saturated heterocycles. The fourth-order valence-electron chi connectivity index (χ4n) is 1.98. The summed E-state index contributed by atoms with van der Waals surface area (Å²) in [6, 6.07) is 8.81. The lowest BCUT2D eigenvalue weighted by atomic mass is 10.0. The van der Waals surface area contributed by atoms with Crippen LogP contribution in [0.4, 0.5) is 8.78 Å². The topological polar surface area (TPSA) is 29.3 Å². The molecule has 0 saturated carbocycles. The number of nitrogens with zero attached hydrogens (tertiary/aromatic N) is 1. The van der Waals surface area contributed by atoms with Gasteiger partial charge in [0.25, 0.3) is 5.92 Å². The second kappa shape index (κ2) is 4.47. The number of nitrogens with two attached hydrogens (primary N) is 1. The summed E-state index contributed by atoms with van der Waals surface area (Å²) in [5.74, 6) is -2.70. The summed E-state index contributed by atoms with van der Waals surface area (Å²) in [4.78, 5) is 1.98. The van der Waals surface area contributed by atoms with E-state index < -0.39 is 12.0 Å². The number of hydrogen-bond donors (Lipinski definition) is 1. The summed E-state index contributed by atoms with van der Waals surface area (Å²) in [6.07, 6.45) is -0.138. The zero-order valence-electron chi connectivity index (χ0n) is 9.07. The number of halogens is 2. The lowest BCUT2D eigenvalue weighted by Crippen LogP contribution is -2.54. The van der Waals surface area contributed by atoms with E-state index >= 15 is 0 Å². The van der Waals surface area contributed by atoms with Gasteiger partial charge in [-0.15, -0.1) is 0 Å². The molecule has 88 valence electrons. The van der Waals surface area contributed by atoms with Crippen LogP contribution < -0.4 is 5.73 Å². The van der Waals surface area contributed by atoms with Gasteiger partial charge in [-0.1, -0.05) is 30.3 Å². The van der Waals surface area contributed by atoms with Crippen LogP contribution in [0.3, 0.4) is 0 Å².